The lowest BCUT2D eigenvalue weighted by Crippen LogP contribution is -2.38. The third kappa shape index (κ3) is 4.49. The van der Waals surface area contributed by atoms with Crippen molar-refractivity contribution in [3.05, 3.63) is 64.5 Å². The van der Waals surface area contributed by atoms with Gasteiger partial charge in [-0.3, -0.25) is 4.79 Å². The van der Waals surface area contributed by atoms with Gasteiger partial charge in [-0.25, -0.2) is 12.9 Å². The predicted molar refractivity (Wildman–Crippen MR) is 136 cm³/mol. The molecule has 0 radical (unpaired) electrons. The molecule has 7 nitrogen and oxygen atoms in total. The van der Waals surface area contributed by atoms with Crippen LogP contribution in [0.2, 0.25) is 0 Å². The molecule has 2 saturated heterocycles. The van der Waals surface area contributed by atoms with Crippen LogP contribution in [-0.2, 0) is 10.0 Å². The van der Waals surface area contributed by atoms with Crippen LogP contribution in [0.15, 0.2) is 41.6 Å². The number of hydrogen-bond donors (Lipinski definition) is 0. The van der Waals surface area contributed by atoms with E-state index in [1.807, 2.05) is 44.0 Å². The molecule has 4 heterocycles. The number of nitrogens with zero attached hydrogens (tertiary/aromatic N) is 4. The van der Waals surface area contributed by atoms with Crippen molar-refractivity contribution < 1.29 is 13.2 Å². The maximum Gasteiger partial charge on any atom is 0.257 e. The minimum atomic E-state index is -3.53. The highest BCUT2D eigenvalue weighted by molar-refractivity contribution is 7.89. The fourth-order valence-corrected chi connectivity index (χ4v) is 7.70. The summed E-state index contributed by atoms with van der Waals surface area (Å²) in [7, 11) is -3.53. The molecule has 35 heavy (non-hydrogen) atoms. The number of rotatable bonds is 4. The van der Waals surface area contributed by atoms with Crippen LogP contribution in [0.4, 0.5) is 0 Å². The Labute approximate surface area is 207 Å². The molecule has 186 valence electrons. The first-order valence-corrected chi connectivity index (χ1v) is 14.0. The van der Waals surface area contributed by atoms with E-state index in [-0.39, 0.29) is 11.8 Å². The Balaban J connectivity index is 1.34. The van der Waals surface area contributed by atoms with E-state index in [0.29, 0.717) is 23.5 Å². The van der Waals surface area contributed by atoms with Crippen LogP contribution in [0.1, 0.15) is 70.6 Å². The zero-order chi connectivity index (χ0) is 24.7. The molecule has 3 aromatic rings. The Morgan fingerprint density at radius 2 is 1.60 bits per heavy atom. The second kappa shape index (κ2) is 9.39. The van der Waals surface area contributed by atoms with Crippen molar-refractivity contribution in [3.63, 3.8) is 0 Å². The lowest BCUT2D eigenvalue weighted by atomic mass is 9.90. The quantitative estimate of drug-likeness (QED) is 0.537. The number of piperidine rings is 2. The second-order valence-electron chi connectivity index (χ2n) is 10.1. The van der Waals surface area contributed by atoms with E-state index in [9.17, 15) is 13.2 Å². The zero-order valence-electron chi connectivity index (χ0n) is 20.8. The third-order valence-corrected chi connectivity index (χ3v) is 9.75. The molecule has 2 aromatic heterocycles. The number of fused-ring (bicyclic) bond motifs is 1. The summed E-state index contributed by atoms with van der Waals surface area (Å²) in [5.74, 6) is 0.307. The Bertz CT molecular complexity index is 1340. The highest BCUT2D eigenvalue weighted by atomic mass is 32.2. The number of carbonyl (C=O) groups is 1. The van der Waals surface area contributed by atoms with Gasteiger partial charge in [-0.15, -0.1) is 0 Å². The van der Waals surface area contributed by atoms with Crippen LogP contribution in [-0.4, -0.2) is 59.3 Å². The number of benzene rings is 1. The molecule has 0 unspecified atom stereocenters. The monoisotopic (exact) mass is 494 g/mol. The van der Waals surface area contributed by atoms with Gasteiger partial charge in [0.1, 0.15) is 0 Å². The summed E-state index contributed by atoms with van der Waals surface area (Å²) in [4.78, 5) is 15.5. The Hall–Kier alpha value is -2.71. The van der Waals surface area contributed by atoms with Gasteiger partial charge in [0, 0.05) is 32.4 Å². The maximum absolute atomic E-state index is 13.5. The third-order valence-electron chi connectivity index (χ3n) is 7.55. The smallest absolute Gasteiger partial charge is 0.257 e. The van der Waals surface area contributed by atoms with Crippen LogP contribution in [0.25, 0.3) is 5.52 Å². The number of carbonyl (C=O) groups excluding carboxylic acids is 1. The molecule has 0 spiro atoms. The molecule has 0 aliphatic carbocycles. The van der Waals surface area contributed by atoms with Gasteiger partial charge in [-0.2, -0.15) is 9.40 Å². The fourth-order valence-electron chi connectivity index (χ4n) is 5.82. The summed E-state index contributed by atoms with van der Waals surface area (Å²) in [6.45, 7) is 8.34. The average molecular weight is 495 g/mol. The predicted octanol–water partition coefficient (Wildman–Crippen LogP) is 4.45. The summed E-state index contributed by atoms with van der Waals surface area (Å²) in [5, 5.41) is 4.40. The molecule has 2 aliphatic heterocycles. The number of sulfonamides is 1. The van der Waals surface area contributed by atoms with Gasteiger partial charge in [0.25, 0.3) is 5.91 Å². The van der Waals surface area contributed by atoms with Crippen LogP contribution >= 0.6 is 0 Å². The van der Waals surface area contributed by atoms with Crippen molar-refractivity contribution in [1.29, 1.82) is 0 Å². The van der Waals surface area contributed by atoms with E-state index in [0.717, 1.165) is 66.5 Å². The molecule has 2 aliphatic rings. The second-order valence-corrected chi connectivity index (χ2v) is 12.0. The molecular weight excluding hydrogens is 460 g/mol. The van der Waals surface area contributed by atoms with Crippen LogP contribution in [0, 0.1) is 20.8 Å². The van der Waals surface area contributed by atoms with Crippen molar-refractivity contribution >= 4 is 21.4 Å². The fraction of sp³-hybridized carbons (Fsp3) is 0.481. The molecule has 8 heteroatoms. The molecular formula is C27H34N4O3S. The Morgan fingerprint density at radius 3 is 2.26 bits per heavy atom. The summed E-state index contributed by atoms with van der Waals surface area (Å²) < 4.78 is 30.3. The SMILES string of the molecule is Cc1cc(C)c(S(=O)(=O)N2CCC(c3ccn4ncc(C(=O)N5CCCCC5)c4c3)CC2)c(C)c1. The number of amides is 1. The molecule has 0 N–H and O–H groups in total. The summed E-state index contributed by atoms with van der Waals surface area (Å²) in [5.41, 5.74) is 5.32. The summed E-state index contributed by atoms with van der Waals surface area (Å²) in [6.07, 6.45) is 8.39. The van der Waals surface area contributed by atoms with Gasteiger partial charge in [-0.1, -0.05) is 17.7 Å². The minimum absolute atomic E-state index is 0.0570. The van der Waals surface area contributed by atoms with Gasteiger partial charge in [0.05, 0.1) is 22.2 Å². The van der Waals surface area contributed by atoms with Gasteiger partial charge >= 0.3 is 0 Å². The van der Waals surface area contributed by atoms with E-state index in [1.165, 1.54) is 6.42 Å². The number of aryl methyl sites for hydroxylation is 3. The van der Waals surface area contributed by atoms with Crippen molar-refractivity contribution in [2.24, 2.45) is 0 Å². The topological polar surface area (TPSA) is 75.0 Å². The van der Waals surface area contributed by atoms with E-state index in [2.05, 4.69) is 17.2 Å². The largest absolute Gasteiger partial charge is 0.339 e. The lowest BCUT2D eigenvalue weighted by Gasteiger charge is -2.32. The first-order valence-electron chi connectivity index (χ1n) is 12.6. The van der Waals surface area contributed by atoms with Gasteiger partial charge < -0.3 is 4.90 Å². The first-order chi connectivity index (χ1) is 16.8. The molecule has 1 aromatic carbocycles. The molecule has 5 rings (SSSR count). The highest BCUT2D eigenvalue weighted by Crippen LogP contribution is 2.33. The number of pyridine rings is 1. The average Bonchev–Trinajstić information content (AvgIpc) is 3.26. The van der Waals surface area contributed by atoms with Crippen molar-refractivity contribution in [3.8, 4) is 0 Å². The number of aromatic nitrogens is 2. The number of hydrogen-bond acceptors (Lipinski definition) is 4. The molecule has 0 atom stereocenters. The summed E-state index contributed by atoms with van der Waals surface area (Å²) in [6, 6.07) is 8.01. The molecule has 0 saturated carbocycles. The molecule has 2 fully saturated rings. The highest BCUT2D eigenvalue weighted by Gasteiger charge is 2.32. The minimum Gasteiger partial charge on any atom is -0.339 e. The normalized spacial score (nSPS) is 18.3. The standard InChI is InChI=1S/C27H34N4O3S/c1-19-15-20(2)26(21(3)16-19)35(33,34)30-12-7-22(8-13-30)23-9-14-31-25(17-23)24(18-28-31)27(32)29-10-5-4-6-11-29/h9,14-18,22H,4-8,10-13H2,1-3H3. The lowest BCUT2D eigenvalue weighted by molar-refractivity contribution is 0.0726. The van der Waals surface area contributed by atoms with Gasteiger partial charge in [-0.05, 0) is 87.6 Å². The maximum atomic E-state index is 13.5. The van der Waals surface area contributed by atoms with Crippen molar-refractivity contribution in [2.45, 2.75) is 63.7 Å². The van der Waals surface area contributed by atoms with E-state index >= 15 is 0 Å². The first kappa shape index (κ1) is 24.0. The zero-order valence-corrected chi connectivity index (χ0v) is 21.6. The van der Waals surface area contributed by atoms with E-state index < -0.39 is 10.0 Å². The van der Waals surface area contributed by atoms with E-state index in [4.69, 9.17) is 0 Å². The van der Waals surface area contributed by atoms with Gasteiger partial charge in [0.15, 0.2) is 0 Å². The van der Waals surface area contributed by atoms with Crippen LogP contribution in [0.3, 0.4) is 0 Å². The van der Waals surface area contributed by atoms with Crippen LogP contribution < -0.4 is 0 Å². The Morgan fingerprint density at radius 1 is 0.943 bits per heavy atom. The van der Waals surface area contributed by atoms with Crippen molar-refractivity contribution in [1.82, 2.24) is 18.8 Å². The molecule has 1 amide bonds. The Kier molecular flexibility index (Phi) is 6.44. The summed E-state index contributed by atoms with van der Waals surface area (Å²) >= 11 is 0. The van der Waals surface area contributed by atoms with Crippen molar-refractivity contribution in [2.75, 3.05) is 26.2 Å². The van der Waals surface area contributed by atoms with Crippen LogP contribution in [0.5, 0.6) is 0 Å². The number of likely N-dealkylation sites (tertiary alicyclic amines) is 1. The van der Waals surface area contributed by atoms with Gasteiger partial charge in [0.2, 0.25) is 10.0 Å². The molecule has 0 bridgehead atoms. The van der Waals surface area contributed by atoms with E-state index in [1.54, 1.807) is 15.0 Å².